The van der Waals surface area contributed by atoms with Crippen molar-refractivity contribution in [1.82, 2.24) is 4.98 Å². The van der Waals surface area contributed by atoms with Crippen molar-refractivity contribution in [3.8, 4) is 5.75 Å². The van der Waals surface area contributed by atoms with Gasteiger partial charge < -0.3 is 4.74 Å². The molecule has 0 radical (unpaired) electrons. The standard InChI is InChI=1S/C15H15NO2/c1-11-5-6-13(9-15(11)18-2)14(17)8-12-4-3-7-16-10-12/h3-7,9-10H,8H2,1-2H3. The fraction of sp³-hybridized carbons (Fsp3) is 0.200. The number of ketones is 1. The van der Waals surface area contributed by atoms with Crippen molar-refractivity contribution in [3.63, 3.8) is 0 Å². The molecule has 1 aromatic carbocycles. The Balaban J connectivity index is 2.19. The summed E-state index contributed by atoms with van der Waals surface area (Å²) in [5.74, 6) is 0.813. The highest BCUT2D eigenvalue weighted by atomic mass is 16.5. The molecule has 0 bridgehead atoms. The Kier molecular flexibility index (Phi) is 3.72. The van der Waals surface area contributed by atoms with E-state index in [1.165, 1.54) is 0 Å². The van der Waals surface area contributed by atoms with E-state index in [0.717, 1.165) is 16.9 Å². The summed E-state index contributed by atoms with van der Waals surface area (Å²) in [5, 5.41) is 0. The molecule has 92 valence electrons. The minimum Gasteiger partial charge on any atom is -0.496 e. The van der Waals surface area contributed by atoms with E-state index in [2.05, 4.69) is 4.98 Å². The second kappa shape index (κ2) is 5.45. The summed E-state index contributed by atoms with van der Waals surface area (Å²) in [4.78, 5) is 16.1. The van der Waals surface area contributed by atoms with Crippen LogP contribution in [-0.2, 0) is 6.42 Å². The Labute approximate surface area is 106 Å². The van der Waals surface area contributed by atoms with Gasteiger partial charge >= 0.3 is 0 Å². The molecule has 2 aromatic rings. The molecule has 0 atom stereocenters. The first-order chi connectivity index (χ1) is 8.70. The summed E-state index contributed by atoms with van der Waals surface area (Å²) in [5.41, 5.74) is 2.61. The molecule has 0 spiro atoms. The van der Waals surface area contributed by atoms with Gasteiger partial charge in [0.25, 0.3) is 0 Å². The molecular formula is C15H15NO2. The summed E-state index contributed by atoms with van der Waals surface area (Å²) in [6.07, 6.45) is 3.77. The lowest BCUT2D eigenvalue weighted by Gasteiger charge is -2.07. The maximum Gasteiger partial charge on any atom is 0.167 e. The molecule has 3 nitrogen and oxygen atoms in total. The van der Waals surface area contributed by atoms with Crippen LogP contribution in [0, 0.1) is 6.92 Å². The van der Waals surface area contributed by atoms with Gasteiger partial charge in [0.05, 0.1) is 7.11 Å². The van der Waals surface area contributed by atoms with Crippen molar-refractivity contribution >= 4 is 5.78 Å². The summed E-state index contributed by atoms with van der Waals surface area (Å²) in [6, 6.07) is 9.24. The van der Waals surface area contributed by atoms with E-state index in [-0.39, 0.29) is 5.78 Å². The number of aromatic nitrogens is 1. The van der Waals surface area contributed by atoms with Crippen LogP contribution in [0.5, 0.6) is 5.75 Å². The maximum atomic E-state index is 12.1. The third-order valence-corrected chi connectivity index (χ3v) is 2.82. The van der Waals surface area contributed by atoms with Crippen molar-refractivity contribution in [3.05, 3.63) is 59.4 Å². The number of aryl methyl sites for hydroxylation is 1. The van der Waals surface area contributed by atoms with Gasteiger partial charge in [0.1, 0.15) is 5.75 Å². The van der Waals surface area contributed by atoms with Crippen LogP contribution >= 0.6 is 0 Å². The van der Waals surface area contributed by atoms with E-state index in [1.54, 1.807) is 25.6 Å². The molecule has 3 heteroatoms. The van der Waals surface area contributed by atoms with Gasteiger partial charge in [-0.25, -0.2) is 0 Å². The van der Waals surface area contributed by atoms with Gasteiger partial charge in [-0.05, 0) is 30.2 Å². The molecule has 0 N–H and O–H groups in total. The van der Waals surface area contributed by atoms with Gasteiger partial charge in [0, 0.05) is 24.4 Å². The van der Waals surface area contributed by atoms with Gasteiger partial charge in [-0.2, -0.15) is 0 Å². The molecule has 0 aliphatic rings. The minimum absolute atomic E-state index is 0.0706. The van der Waals surface area contributed by atoms with Crippen molar-refractivity contribution in [2.24, 2.45) is 0 Å². The van der Waals surface area contributed by atoms with Gasteiger partial charge in [0.2, 0.25) is 0 Å². The fourth-order valence-electron chi connectivity index (χ4n) is 1.78. The highest BCUT2D eigenvalue weighted by Gasteiger charge is 2.09. The lowest BCUT2D eigenvalue weighted by Crippen LogP contribution is -2.04. The molecule has 1 heterocycles. The first kappa shape index (κ1) is 12.3. The van der Waals surface area contributed by atoms with E-state index in [9.17, 15) is 4.79 Å². The van der Waals surface area contributed by atoms with Crippen LogP contribution in [0.3, 0.4) is 0 Å². The first-order valence-corrected chi connectivity index (χ1v) is 5.77. The first-order valence-electron chi connectivity index (χ1n) is 5.77. The fourth-order valence-corrected chi connectivity index (χ4v) is 1.78. The van der Waals surface area contributed by atoms with E-state index >= 15 is 0 Å². The van der Waals surface area contributed by atoms with E-state index < -0.39 is 0 Å². The van der Waals surface area contributed by atoms with Gasteiger partial charge in [0.15, 0.2) is 5.78 Å². The van der Waals surface area contributed by atoms with Crippen LogP contribution in [0.1, 0.15) is 21.5 Å². The Hall–Kier alpha value is -2.16. The Morgan fingerprint density at radius 3 is 2.83 bits per heavy atom. The predicted octanol–water partition coefficient (Wildman–Crippen LogP) is 2.82. The summed E-state index contributed by atoms with van der Waals surface area (Å²) in [7, 11) is 1.61. The monoisotopic (exact) mass is 241 g/mol. The van der Waals surface area contributed by atoms with Crippen LogP contribution in [0.15, 0.2) is 42.7 Å². The van der Waals surface area contributed by atoms with Gasteiger partial charge in [-0.3, -0.25) is 9.78 Å². The largest absolute Gasteiger partial charge is 0.496 e. The van der Waals surface area contributed by atoms with Crippen molar-refractivity contribution in [1.29, 1.82) is 0 Å². The molecule has 0 saturated heterocycles. The molecule has 0 aliphatic heterocycles. The number of benzene rings is 1. The average molecular weight is 241 g/mol. The van der Waals surface area contributed by atoms with Crippen molar-refractivity contribution < 1.29 is 9.53 Å². The van der Waals surface area contributed by atoms with Crippen molar-refractivity contribution in [2.45, 2.75) is 13.3 Å². The number of nitrogens with zero attached hydrogens (tertiary/aromatic N) is 1. The quantitative estimate of drug-likeness (QED) is 0.773. The smallest absolute Gasteiger partial charge is 0.167 e. The molecule has 0 aliphatic carbocycles. The molecular weight excluding hydrogens is 226 g/mol. The van der Waals surface area contributed by atoms with Crippen LogP contribution in [-0.4, -0.2) is 17.9 Å². The number of Topliss-reactive ketones (excluding diaryl/α,β-unsaturated/α-hetero) is 1. The zero-order valence-corrected chi connectivity index (χ0v) is 10.5. The highest BCUT2D eigenvalue weighted by Crippen LogP contribution is 2.20. The van der Waals surface area contributed by atoms with E-state index in [0.29, 0.717) is 12.0 Å². The number of carbonyl (C=O) groups is 1. The number of ether oxygens (including phenoxy) is 1. The number of rotatable bonds is 4. The van der Waals surface area contributed by atoms with Crippen LogP contribution < -0.4 is 4.74 Å². The lowest BCUT2D eigenvalue weighted by molar-refractivity contribution is 0.0992. The summed E-state index contributed by atoms with van der Waals surface area (Å²) in [6.45, 7) is 1.95. The number of carbonyl (C=O) groups excluding carboxylic acids is 1. The molecule has 0 fully saturated rings. The second-order valence-corrected chi connectivity index (χ2v) is 4.15. The third-order valence-electron chi connectivity index (χ3n) is 2.82. The zero-order chi connectivity index (χ0) is 13.0. The number of hydrogen-bond acceptors (Lipinski definition) is 3. The topological polar surface area (TPSA) is 39.2 Å². The molecule has 18 heavy (non-hydrogen) atoms. The zero-order valence-electron chi connectivity index (χ0n) is 10.5. The maximum absolute atomic E-state index is 12.1. The number of methoxy groups -OCH3 is 1. The number of hydrogen-bond donors (Lipinski definition) is 0. The Morgan fingerprint density at radius 2 is 2.17 bits per heavy atom. The molecule has 2 rings (SSSR count). The van der Waals surface area contributed by atoms with Crippen molar-refractivity contribution in [2.75, 3.05) is 7.11 Å². The van der Waals surface area contributed by atoms with Gasteiger partial charge in [-0.15, -0.1) is 0 Å². The molecule has 0 unspecified atom stereocenters. The Bertz CT molecular complexity index is 550. The molecule has 0 saturated carbocycles. The average Bonchev–Trinajstić information content (AvgIpc) is 2.40. The predicted molar refractivity (Wildman–Crippen MR) is 70.0 cm³/mol. The second-order valence-electron chi connectivity index (χ2n) is 4.15. The van der Waals surface area contributed by atoms with Crippen LogP contribution in [0.25, 0.3) is 0 Å². The van der Waals surface area contributed by atoms with E-state index in [4.69, 9.17) is 4.74 Å². The molecule has 1 aromatic heterocycles. The Morgan fingerprint density at radius 1 is 1.33 bits per heavy atom. The van der Waals surface area contributed by atoms with Gasteiger partial charge in [-0.1, -0.05) is 18.2 Å². The lowest BCUT2D eigenvalue weighted by atomic mass is 10.0. The summed E-state index contributed by atoms with van der Waals surface area (Å²) < 4.78 is 5.22. The summed E-state index contributed by atoms with van der Waals surface area (Å²) >= 11 is 0. The normalized spacial score (nSPS) is 10.1. The minimum atomic E-state index is 0.0706. The van der Waals surface area contributed by atoms with Crippen LogP contribution in [0.4, 0.5) is 0 Å². The van der Waals surface area contributed by atoms with E-state index in [1.807, 2.05) is 31.2 Å². The SMILES string of the molecule is COc1cc(C(=O)Cc2cccnc2)ccc1C. The number of pyridine rings is 1. The third kappa shape index (κ3) is 2.74. The highest BCUT2D eigenvalue weighted by molar-refractivity contribution is 5.97. The van der Waals surface area contributed by atoms with Crippen LogP contribution in [0.2, 0.25) is 0 Å². The molecule has 0 amide bonds.